The van der Waals surface area contributed by atoms with E-state index in [-0.39, 0.29) is 17.4 Å². The first-order chi connectivity index (χ1) is 14.7. The standard InChI is InChI=1S/C21H21BrF3N5O/c1-13-9-14(22)10-17-16(13)12-26-20(27-17)28-18-11-15(30-7-5-29(2)6-8-30)3-4-19(18)31-21(23,24)25/h3-4,9-12H,5-8H2,1-2H3,(H,26,27,28). The summed E-state index contributed by atoms with van der Waals surface area (Å²) in [6.45, 7) is 5.28. The fourth-order valence-corrected chi connectivity index (χ4v) is 4.10. The number of hydrogen-bond acceptors (Lipinski definition) is 6. The van der Waals surface area contributed by atoms with Crippen LogP contribution in [0.15, 0.2) is 41.0 Å². The fraction of sp³-hybridized carbons (Fsp3) is 0.333. The predicted molar refractivity (Wildman–Crippen MR) is 118 cm³/mol. The van der Waals surface area contributed by atoms with Gasteiger partial charge in [-0.3, -0.25) is 0 Å². The molecule has 1 aromatic heterocycles. The lowest BCUT2D eigenvalue weighted by molar-refractivity contribution is -0.274. The number of aryl methyl sites for hydroxylation is 1. The van der Waals surface area contributed by atoms with Gasteiger partial charge in [0.2, 0.25) is 5.95 Å². The molecular weight excluding hydrogens is 475 g/mol. The molecule has 0 aliphatic carbocycles. The highest BCUT2D eigenvalue weighted by Gasteiger charge is 2.32. The normalized spacial score (nSPS) is 15.4. The van der Waals surface area contributed by atoms with Gasteiger partial charge < -0.3 is 19.9 Å². The molecule has 0 saturated carbocycles. The topological polar surface area (TPSA) is 53.5 Å². The molecule has 0 amide bonds. The maximum Gasteiger partial charge on any atom is 0.573 e. The van der Waals surface area contributed by atoms with Crippen molar-refractivity contribution in [2.24, 2.45) is 0 Å². The van der Waals surface area contributed by atoms with Gasteiger partial charge >= 0.3 is 6.36 Å². The van der Waals surface area contributed by atoms with Crippen molar-refractivity contribution in [3.05, 3.63) is 46.6 Å². The van der Waals surface area contributed by atoms with Crippen molar-refractivity contribution >= 4 is 44.2 Å². The SMILES string of the molecule is Cc1cc(Br)cc2nc(Nc3cc(N4CCN(C)CC4)ccc3OC(F)(F)F)ncc12. The summed E-state index contributed by atoms with van der Waals surface area (Å²) in [5.41, 5.74) is 2.64. The van der Waals surface area contributed by atoms with E-state index in [4.69, 9.17) is 0 Å². The summed E-state index contributed by atoms with van der Waals surface area (Å²) in [5, 5.41) is 3.78. The van der Waals surface area contributed by atoms with Gasteiger partial charge in [0, 0.05) is 47.9 Å². The number of nitrogens with zero attached hydrogens (tertiary/aromatic N) is 4. The molecule has 31 heavy (non-hydrogen) atoms. The highest BCUT2D eigenvalue weighted by molar-refractivity contribution is 9.10. The second kappa shape index (κ2) is 8.51. The molecule has 2 aromatic carbocycles. The number of hydrogen-bond donors (Lipinski definition) is 1. The summed E-state index contributed by atoms with van der Waals surface area (Å²) in [4.78, 5) is 13.1. The van der Waals surface area contributed by atoms with Crippen LogP contribution in [0.25, 0.3) is 10.9 Å². The Bertz CT molecular complexity index is 1100. The second-order valence-electron chi connectivity index (χ2n) is 7.49. The van der Waals surface area contributed by atoms with E-state index in [1.54, 1.807) is 18.3 Å². The van der Waals surface area contributed by atoms with E-state index < -0.39 is 6.36 Å². The number of rotatable bonds is 4. The Hall–Kier alpha value is -2.59. The molecule has 2 heterocycles. The number of anilines is 3. The minimum Gasteiger partial charge on any atom is -0.404 e. The molecule has 6 nitrogen and oxygen atoms in total. The van der Waals surface area contributed by atoms with Gasteiger partial charge in [-0.15, -0.1) is 13.2 Å². The highest BCUT2D eigenvalue weighted by Crippen LogP contribution is 2.35. The van der Waals surface area contributed by atoms with Crippen LogP contribution in [0.4, 0.5) is 30.5 Å². The molecule has 1 aliphatic heterocycles. The zero-order chi connectivity index (χ0) is 22.2. The Morgan fingerprint density at radius 1 is 1.10 bits per heavy atom. The number of benzene rings is 2. The zero-order valence-electron chi connectivity index (χ0n) is 17.0. The number of likely N-dealkylation sites (N-methyl/N-ethyl adjacent to an activating group) is 1. The molecule has 1 N–H and O–H groups in total. The summed E-state index contributed by atoms with van der Waals surface area (Å²) in [6, 6.07) is 8.40. The molecule has 3 aromatic rings. The van der Waals surface area contributed by atoms with Crippen LogP contribution in [0.5, 0.6) is 5.75 Å². The van der Waals surface area contributed by atoms with Crippen molar-refractivity contribution in [2.75, 3.05) is 43.4 Å². The summed E-state index contributed by atoms with van der Waals surface area (Å²) < 4.78 is 44.0. The molecule has 4 rings (SSSR count). The van der Waals surface area contributed by atoms with E-state index in [0.717, 1.165) is 47.3 Å². The summed E-state index contributed by atoms with van der Waals surface area (Å²) in [5.74, 6) is -0.146. The lowest BCUT2D eigenvalue weighted by Gasteiger charge is -2.34. The Kier molecular flexibility index (Phi) is 5.94. The van der Waals surface area contributed by atoms with Gasteiger partial charge in [0.25, 0.3) is 0 Å². The molecule has 0 radical (unpaired) electrons. The number of nitrogens with one attached hydrogen (secondary N) is 1. The molecule has 0 atom stereocenters. The Labute approximate surface area is 186 Å². The fourth-order valence-electron chi connectivity index (χ4n) is 3.54. The molecule has 1 saturated heterocycles. The molecule has 0 spiro atoms. The monoisotopic (exact) mass is 495 g/mol. The van der Waals surface area contributed by atoms with Gasteiger partial charge in [0.05, 0.1) is 11.2 Å². The molecule has 10 heteroatoms. The zero-order valence-corrected chi connectivity index (χ0v) is 18.6. The van der Waals surface area contributed by atoms with Gasteiger partial charge in [0.1, 0.15) is 0 Å². The predicted octanol–water partition coefficient (Wildman–Crippen LogP) is 5.09. The van der Waals surface area contributed by atoms with E-state index in [1.807, 2.05) is 26.1 Å². The number of halogens is 4. The van der Waals surface area contributed by atoms with Crippen LogP contribution in [0, 0.1) is 6.92 Å². The van der Waals surface area contributed by atoms with Gasteiger partial charge in [0.15, 0.2) is 5.75 Å². The quantitative estimate of drug-likeness (QED) is 0.543. The summed E-state index contributed by atoms with van der Waals surface area (Å²) >= 11 is 3.44. The largest absolute Gasteiger partial charge is 0.573 e. The van der Waals surface area contributed by atoms with E-state index in [1.165, 1.54) is 6.07 Å². The number of alkyl halides is 3. The molecular formula is C21H21BrF3N5O. The van der Waals surface area contributed by atoms with Crippen LogP contribution in [0.3, 0.4) is 0 Å². The van der Waals surface area contributed by atoms with Crippen LogP contribution < -0.4 is 15.0 Å². The number of aromatic nitrogens is 2. The van der Waals surface area contributed by atoms with Crippen LogP contribution in [0.1, 0.15) is 5.56 Å². The van der Waals surface area contributed by atoms with Crippen molar-refractivity contribution < 1.29 is 17.9 Å². The Balaban J connectivity index is 1.69. The Morgan fingerprint density at radius 2 is 1.84 bits per heavy atom. The maximum absolute atomic E-state index is 13.0. The first-order valence-electron chi connectivity index (χ1n) is 9.71. The maximum atomic E-state index is 13.0. The van der Waals surface area contributed by atoms with E-state index in [9.17, 15) is 13.2 Å². The molecule has 1 fully saturated rings. The number of ether oxygens (including phenoxy) is 1. The third kappa shape index (κ3) is 5.19. The van der Waals surface area contributed by atoms with Crippen molar-refractivity contribution in [2.45, 2.75) is 13.3 Å². The molecule has 164 valence electrons. The first kappa shape index (κ1) is 21.6. The first-order valence-corrected chi connectivity index (χ1v) is 10.5. The van der Waals surface area contributed by atoms with Crippen molar-refractivity contribution in [3.8, 4) is 5.75 Å². The van der Waals surface area contributed by atoms with Crippen LogP contribution in [-0.4, -0.2) is 54.5 Å². The third-order valence-electron chi connectivity index (χ3n) is 5.18. The smallest absolute Gasteiger partial charge is 0.404 e. The van der Waals surface area contributed by atoms with Crippen molar-refractivity contribution in [1.29, 1.82) is 0 Å². The Morgan fingerprint density at radius 3 is 2.55 bits per heavy atom. The van der Waals surface area contributed by atoms with Crippen molar-refractivity contribution in [1.82, 2.24) is 14.9 Å². The minimum atomic E-state index is -4.81. The summed E-state index contributed by atoms with van der Waals surface area (Å²) in [6.07, 6.45) is -3.15. The lowest BCUT2D eigenvalue weighted by Crippen LogP contribution is -2.44. The lowest BCUT2D eigenvalue weighted by atomic mass is 10.1. The minimum absolute atomic E-state index is 0.153. The number of piperazine rings is 1. The van der Waals surface area contributed by atoms with Crippen LogP contribution in [-0.2, 0) is 0 Å². The van der Waals surface area contributed by atoms with Crippen LogP contribution >= 0.6 is 15.9 Å². The molecule has 1 aliphatic rings. The third-order valence-corrected chi connectivity index (χ3v) is 5.63. The van der Waals surface area contributed by atoms with Gasteiger partial charge in [-0.25, -0.2) is 9.97 Å². The average molecular weight is 496 g/mol. The summed E-state index contributed by atoms with van der Waals surface area (Å²) in [7, 11) is 2.04. The van der Waals surface area contributed by atoms with E-state index in [0.29, 0.717) is 5.52 Å². The van der Waals surface area contributed by atoms with Gasteiger partial charge in [-0.05, 0) is 49.9 Å². The highest BCUT2D eigenvalue weighted by atomic mass is 79.9. The number of fused-ring (bicyclic) bond motifs is 1. The van der Waals surface area contributed by atoms with E-state index >= 15 is 0 Å². The van der Waals surface area contributed by atoms with Crippen LogP contribution in [0.2, 0.25) is 0 Å². The van der Waals surface area contributed by atoms with Gasteiger partial charge in [-0.1, -0.05) is 15.9 Å². The van der Waals surface area contributed by atoms with Gasteiger partial charge in [-0.2, -0.15) is 0 Å². The second-order valence-corrected chi connectivity index (χ2v) is 8.41. The average Bonchev–Trinajstić information content (AvgIpc) is 2.68. The molecule has 0 unspecified atom stereocenters. The van der Waals surface area contributed by atoms with Crippen molar-refractivity contribution in [3.63, 3.8) is 0 Å². The van der Waals surface area contributed by atoms with E-state index in [2.05, 4.69) is 45.8 Å². The molecule has 0 bridgehead atoms.